The third-order valence-corrected chi connectivity index (χ3v) is 2.70. The molecule has 0 amide bonds. The van der Waals surface area contributed by atoms with Crippen molar-refractivity contribution in [3.8, 4) is 0 Å². The van der Waals surface area contributed by atoms with Crippen LogP contribution in [-0.2, 0) is 0 Å². The lowest BCUT2D eigenvalue weighted by Crippen LogP contribution is -2.06. The summed E-state index contributed by atoms with van der Waals surface area (Å²) in [7, 11) is 0. The second kappa shape index (κ2) is 3.87. The van der Waals surface area contributed by atoms with Crippen LogP contribution in [0.3, 0.4) is 0 Å². The zero-order chi connectivity index (χ0) is 11.7. The Morgan fingerprint density at radius 2 is 1.82 bits per heavy atom. The van der Waals surface area contributed by atoms with Crippen LogP contribution in [0.25, 0.3) is 5.65 Å². The molecule has 3 aromatic rings. The Kier molecular flexibility index (Phi) is 2.22. The van der Waals surface area contributed by atoms with Crippen LogP contribution in [0.2, 0.25) is 0 Å². The minimum absolute atomic E-state index is 0.00852. The molecule has 2 heterocycles. The van der Waals surface area contributed by atoms with Gasteiger partial charge in [-0.05, 0) is 12.1 Å². The number of fused-ring (bicyclic) bond motifs is 1. The van der Waals surface area contributed by atoms with E-state index in [9.17, 15) is 4.79 Å². The van der Waals surface area contributed by atoms with E-state index in [-0.39, 0.29) is 5.78 Å². The monoisotopic (exact) mass is 222 g/mol. The van der Waals surface area contributed by atoms with Gasteiger partial charge in [0.1, 0.15) is 5.65 Å². The van der Waals surface area contributed by atoms with Crippen LogP contribution in [0.1, 0.15) is 16.1 Å². The third kappa shape index (κ3) is 1.61. The molecule has 0 saturated heterocycles. The highest BCUT2D eigenvalue weighted by atomic mass is 16.1. The maximum absolute atomic E-state index is 12.3. The lowest BCUT2D eigenvalue weighted by Gasteiger charge is -2.04. The van der Waals surface area contributed by atoms with Gasteiger partial charge in [-0.15, -0.1) is 0 Å². The predicted octanol–water partition coefficient (Wildman–Crippen LogP) is 2.57. The molecule has 0 radical (unpaired) electrons. The average molecular weight is 222 g/mol. The van der Waals surface area contributed by atoms with Gasteiger partial charge in [-0.3, -0.25) is 9.20 Å². The Balaban J connectivity index is 2.16. The number of rotatable bonds is 2. The van der Waals surface area contributed by atoms with Crippen molar-refractivity contribution in [1.82, 2.24) is 9.38 Å². The molecule has 0 spiro atoms. The standard InChI is InChI=1S/C14H10N2O/c17-14(11-5-2-1-3-6-11)12-7-4-8-13-15-9-10-16(12)13/h1-10H. The van der Waals surface area contributed by atoms with Gasteiger partial charge in [0.25, 0.3) is 0 Å². The SMILES string of the molecule is O=C(c1ccccc1)c1cccc2nccn12. The highest BCUT2D eigenvalue weighted by Crippen LogP contribution is 2.11. The number of nitrogens with zero attached hydrogens (tertiary/aromatic N) is 2. The normalized spacial score (nSPS) is 10.6. The molecule has 0 N–H and O–H groups in total. The Labute approximate surface area is 98.4 Å². The van der Waals surface area contributed by atoms with Crippen LogP contribution in [0.15, 0.2) is 60.9 Å². The lowest BCUT2D eigenvalue weighted by atomic mass is 10.1. The van der Waals surface area contributed by atoms with Crippen LogP contribution < -0.4 is 0 Å². The second-order valence-corrected chi connectivity index (χ2v) is 3.76. The summed E-state index contributed by atoms with van der Waals surface area (Å²) in [6, 6.07) is 14.8. The number of imidazole rings is 1. The maximum atomic E-state index is 12.3. The summed E-state index contributed by atoms with van der Waals surface area (Å²) < 4.78 is 1.80. The number of carbonyl (C=O) groups is 1. The first kappa shape index (κ1) is 9.78. The van der Waals surface area contributed by atoms with Gasteiger partial charge in [0.05, 0.1) is 5.69 Å². The summed E-state index contributed by atoms with van der Waals surface area (Å²) in [4.78, 5) is 16.5. The lowest BCUT2D eigenvalue weighted by molar-refractivity contribution is 0.103. The number of ketones is 1. The average Bonchev–Trinajstić information content (AvgIpc) is 2.87. The van der Waals surface area contributed by atoms with Crippen molar-refractivity contribution >= 4 is 11.4 Å². The third-order valence-electron chi connectivity index (χ3n) is 2.70. The Morgan fingerprint density at radius 1 is 1.00 bits per heavy atom. The van der Waals surface area contributed by atoms with Gasteiger partial charge in [0, 0.05) is 18.0 Å². The molecule has 17 heavy (non-hydrogen) atoms. The van der Waals surface area contributed by atoms with Crippen molar-refractivity contribution in [2.75, 3.05) is 0 Å². The van der Waals surface area contributed by atoms with Gasteiger partial charge in [-0.2, -0.15) is 0 Å². The minimum Gasteiger partial charge on any atom is -0.296 e. The molecule has 1 aromatic carbocycles. The Morgan fingerprint density at radius 3 is 2.65 bits per heavy atom. The van der Waals surface area contributed by atoms with E-state index < -0.39 is 0 Å². The number of hydrogen-bond donors (Lipinski definition) is 0. The summed E-state index contributed by atoms with van der Waals surface area (Å²) in [6.45, 7) is 0. The van der Waals surface area contributed by atoms with Crippen LogP contribution in [0.4, 0.5) is 0 Å². The Hall–Kier alpha value is -2.42. The summed E-state index contributed by atoms with van der Waals surface area (Å²) >= 11 is 0. The molecular weight excluding hydrogens is 212 g/mol. The van der Waals surface area contributed by atoms with E-state index in [0.29, 0.717) is 11.3 Å². The summed E-state index contributed by atoms with van der Waals surface area (Å²) in [6.07, 6.45) is 3.49. The van der Waals surface area contributed by atoms with Crippen LogP contribution in [0, 0.1) is 0 Å². The first-order valence-electron chi connectivity index (χ1n) is 5.38. The smallest absolute Gasteiger partial charge is 0.209 e. The number of benzene rings is 1. The van der Waals surface area contributed by atoms with Crippen LogP contribution in [0.5, 0.6) is 0 Å². The number of carbonyl (C=O) groups excluding carboxylic acids is 1. The van der Waals surface area contributed by atoms with Crippen molar-refractivity contribution in [2.24, 2.45) is 0 Å². The van der Waals surface area contributed by atoms with Gasteiger partial charge >= 0.3 is 0 Å². The van der Waals surface area contributed by atoms with Gasteiger partial charge in [0.2, 0.25) is 5.78 Å². The fourth-order valence-corrected chi connectivity index (χ4v) is 1.87. The van der Waals surface area contributed by atoms with E-state index in [1.807, 2.05) is 48.5 Å². The molecule has 0 fully saturated rings. The molecule has 3 nitrogen and oxygen atoms in total. The van der Waals surface area contributed by atoms with E-state index in [4.69, 9.17) is 0 Å². The van der Waals surface area contributed by atoms with Gasteiger partial charge < -0.3 is 0 Å². The van der Waals surface area contributed by atoms with Gasteiger partial charge in [0.15, 0.2) is 0 Å². The molecule has 0 atom stereocenters. The highest BCUT2D eigenvalue weighted by molar-refractivity contribution is 6.08. The van der Waals surface area contributed by atoms with Gasteiger partial charge in [-0.25, -0.2) is 4.98 Å². The molecule has 3 heteroatoms. The molecule has 82 valence electrons. The number of aromatic nitrogens is 2. The van der Waals surface area contributed by atoms with Crippen molar-refractivity contribution in [3.63, 3.8) is 0 Å². The molecule has 3 rings (SSSR count). The van der Waals surface area contributed by atoms with Crippen molar-refractivity contribution in [2.45, 2.75) is 0 Å². The number of hydrogen-bond acceptors (Lipinski definition) is 2. The quantitative estimate of drug-likeness (QED) is 0.624. The van der Waals surface area contributed by atoms with Crippen molar-refractivity contribution < 1.29 is 4.79 Å². The fraction of sp³-hybridized carbons (Fsp3) is 0. The molecule has 0 unspecified atom stereocenters. The zero-order valence-corrected chi connectivity index (χ0v) is 9.08. The molecule has 0 saturated carbocycles. The largest absolute Gasteiger partial charge is 0.296 e. The highest BCUT2D eigenvalue weighted by Gasteiger charge is 2.11. The van der Waals surface area contributed by atoms with Crippen LogP contribution >= 0.6 is 0 Å². The Bertz CT molecular complexity index is 671. The minimum atomic E-state index is 0.00852. The summed E-state index contributed by atoms with van der Waals surface area (Å²) in [5.41, 5.74) is 2.10. The zero-order valence-electron chi connectivity index (χ0n) is 9.08. The van der Waals surface area contributed by atoms with E-state index in [1.165, 1.54) is 0 Å². The summed E-state index contributed by atoms with van der Waals surface area (Å²) in [5, 5.41) is 0. The topological polar surface area (TPSA) is 34.4 Å². The van der Waals surface area contributed by atoms with Crippen molar-refractivity contribution in [3.05, 3.63) is 72.2 Å². The first-order chi connectivity index (χ1) is 8.36. The molecule has 0 aliphatic rings. The van der Waals surface area contributed by atoms with Gasteiger partial charge in [-0.1, -0.05) is 36.4 Å². The van der Waals surface area contributed by atoms with Crippen molar-refractivity contribution in [1.29, 1.82) is 0 Å². The van der Waals surface area contributed by atoms with E-state index >= 15 is 0 Å². The molecular formula is C14H10N2O. The predicted molar refractivity (Wildman–Crippen MR) is 65.1 cm³/mol. The van der Waals surface area contributed by atoms with E-state index in [0.717, 1.165) is 5.65 Å². The van der Waals surface area contributed by atoms with E-state index in [1.54, 1.807) is 16.8 Å². The second-order valence-electron chi connectivity index (χ2n) is 3.76. The number of pyridine rings is 1. The first-order valence-corrected chi connectivity index (χ1v) is 5.38. The molecule has 0 aliphatic carbocycles. The molecule has 2 aromatic heterocycles. The van der Waals surface area contributed by atoms with E-state index in [2.05, 4.69) is 4.98 Å². The van der Waals surface area contributed by atoms with Crippen LogP contribution in [-0.4, -0.2) is 15.2 Å². The fourth-order valence-electron chi connectivity index (χ4n) is 1.87. The summed E-state index contributed by atoms with van der Waals surface area (Å²) in [5.74, 6) is 0.00852. The molecule has 0 bridgehead atoms. The molecule has 0 aliphatic heterocycles. The maximum Gasteiger partial charge on any atom is 0.209 e.